The Labute approximate surface area is 103 Å². The minimum Gasteiger partial charge on any atom is -0.339 e. The van der Waals surface area contributed by atoms with Gasteiger partial charge in [-0.2, -0.15) is 0 Å². The van der Waals surface area contributed by atoms with Crippen LogP contribution in [0.5, 0.6) is 0 Å². The molecule has 0 radical (unpaired) electrons. The monoisotopic (exact) mass is 241 g/mol. The summed E-state index contributed by atoms with van der Waals surface area (Å²) in [6.07, 6.45) is 3.03. The zero-order valence-electron chi connectivity index (χ0n) is 10.7. The summed E-state index contributed by atoms with van der Waals surface area (Å²) in [6, 6.07) is 0. The van der Waals surface area contributed by atoms with Gasteiger partial charge in [0, 0.05) is 45.6 Å². The van der Waals surface area contributed by atoms with Crippen molar-refractivity contribution in [2.24, 2.45) is 5.73 Å². The molecule has 1 aliphatic heterocycles. The molecule has 5 heteroatoms. The van der Waals surface area contributed by atoms with Crippen LogP contribution < -0.4 is 5.73 Å². The van der Waals surface area contributed by atoms with Gasteiger partial charge in [0.2, 0.25) is 11.8 Å². The van der Waals surface area contributed by atoms with E-state index in [0.717, 1.165) is 12.8 Å². The minimum absolute atomic E-state index is 0.105. The molecule has 0 spiro atoms. The third-order valence-electron chi connectivity index (χ3n) is 3.09. The largest absolute Gasteiger partial charge is 0.339 e. The third kappa shape index (κ3) is 4.34. The van der Waals surface area contributed by atoms with Gasteiger partial charge in [0.05, 0.1) is 0 Å². The van der Waals surface area contributed by atoms with E-state index in [1.165, 1.54) is 0 Å². The Morgan fingerprint density at radius 3 is 1.88 bits per heavy atom. The first-order valence-electron chi connectivity index (χ1n) is 6.44. The van der Waals surface area contributed by atoms with Gasteiger partial charge in [-0.3, -0.25) is 9.59 Å². The molecule has 1 heterocycles. The number of hydrogen-bond donors (Lipinski definition) is 1. The fourth-order valence-electron chi connectivity index (χ4n) is 1.97. The number of carbonyl (C=O) groups excluding carboxylic acids is 2. The molecule has 2 N–H and O–H groups in total. The Bertz CT molecular complexity index is 260. The van der Waals surface area contributed by atoms with E-state index in [0.29, 0.717) is 45.6 Å². The number of unbranched alkanes of at least 4 members (excludes halogenated alkanes) is 1. The molecule has 0 aromatic carbocycles. The van der Waals surface area contributed by atoms with Crippen LogP contribution in [0.3, 0.4) is 0 Å². The lowest BCUT2D eigenvalue weighted by Gasteiger charge is -2.34. The fourth-order valence-corrected chi connectivity index (χ4v) is 1.97. The lowest BCUT2D eigenvalue weighted by molar-refractivity contribution is -0.139. The second-order valence-electron chi connectivity index (χ2n) is 4.40. The van der Waals surface area contributed by atoms with Crippen LogP contribution in [0.25, 0.3) is 0 Å². The number of amides is 2. The van der Waals surface area contributed by atoms with Crippen molar-refractivity contribution in [1.29, 1.82) is 0 Å². The van der Waals surface area contributed by atoms with Crippen molar-refractivity contribution in [2.45, 2.75) is 32.6 Å². The number of rotatable bonds is 5. The smallest absolute Gasteiger partial charge is 0.223 e. The average Bonchev–Trinajstić information content (AvgIpc) is 2.36. The summed E-state index contributed by atoms with van der Waals surface area (Å²) in [7, 11) is 0. The van der Waals surface area contributed by atoms with E-state index in [9.17, 15) is 9.59 Å². The van der Waals surface area contributed by atoms with E-state index < -0.39 is 0 Å². The van der Waals surface area contributed by atoms with Crippen LogP contribution in [-0.4, -0.2) is 54.3 Å². The van der Waals surface area contributed by atoms with Gasteiger partial charge in [-0.15, -0.1) is 0 Å². The van der Waals surface area contributed by atoms with E-state index >= 15 is 0 Å². The highest BCUT2D eigenvalue weighted by Gasteiger charge is 2.22. The van der Waals surface area contributed by atoms with Crippen LogP contribution in [0.2, 0.25) is 0 Å². The van der Waals surface area contributed by atoms with Crippen LogP contribution in [0.1, 0.15) is 32.6 Å². The summed E-state index contributed by atoms with van der Waals surface area (Å²) in [5.41, 5.74) is 5.35. The lowest BCUT2D eigenvalue weighted by Crippen LogP contribution is -2.50. The van der Waals surface area contributed by atoms with Crippen molar-refractivity contribution in [1.82, 2.24) is 9.80 Å². The molecule has 0 aliphatic carbocycles. The SMILES string of the molecule is CCCCC(=O)N1CCN(C(=O)CCN)CC1. The predicted octanol–water partition coefficient (Wildman–Crippen LogP) is 0.196. The maximum atomic E-state index is 11.8. The average molecular weight is 241 g/mol. The maximum absolute atomic E-state index is 11.8. The van der Waals surface area contributed by atoms with Gasteiger partial charge in [0.1, 0.15) is 0 Å². The van der Waals surface area contributed by atoms with Gasteiger partial charge in [-0.05, 0) is 6.42 Å². The standard InChI is InChI=1S/C12H23N3O2/c1-2-3-4-11(16)14-7-9-15(10-8-14)12(17)5-6-13/h2-10,13H2,1H3. The van der Waals surface area contributed by atoms with Crippen molar-refractivity contribution in [2.75, 3.05) is 32.7 Å². The number of nitrogens with two attached hydrogens (primary N) is 1. The highest BCUT2D eigenvalue weighted by molar-refractivity contribution is 5.78. The zero-order valence-corrected chi connectivity index (χ0v) is 10.7. The molecule has 1 fully saturated rings. The van der Waals surface area contributed by atoms with Crippen molar-refractivity contribution >= 4 is 11.8 Å². The molecule has 98 valence electrons. The third-order valence-corrected chi connectivity index (χ3v) is 3.09. The molecule has 0 saturated carbocycles. The Morgan fingerprint density at radius 1 is 1.00 bits per heavy atom. The Morgan fingerprint density at radius 2 is 1.47 bits per heavy atom. The Kier molecular flexibility index (Phi) is 5.97. The molecule has 0 aromatic rings. The molecule has 0 aromatic heterocycles. The number of piperazine rings is 1. The van der Waals surface area contributed by atoms with E-state index in [-0.39, 0.29) is 11.8 Å². The second kappa shape index (κ2) is 7.27. The van der Waals surface area contributed by atoms with Crippen LogP contribution in [0, 0.1) is 0 Å². The lowest BCUT2D eigenvalue weighted by atomic mass is 10.2. The van der Waals surface area contributed by atoms with Gasteiger partial charge >= 0.3 is 0 Å². The van der Waals surface area contributed by atoms with E-state index in [4.69, 9.17) is 5.73 Å². The first kappa shape index (κ1) is 14.0. The van der Waals surface area contributed by atoms with Crippen LogP contribution in [0.15, 0.2) is 0 Å². The molecule has 0 bridgehead atoms. The summed E-state index contributed by atoms with van der Waals surface area (Å²) in [5, 5.41) is 0. The van der Waals surface area contributed by atoms with Gasteiger partial charge in [0.25, 0.3) is 0 Å². The Hall–Kier alpha value is -1.10. The first-order valence-corrected chi connectivity index (χ1v) is 6.44. The van der Waals surface area contributed by atoms with Crippen LogP contribution in [0.4, 0.5) is 0 Å². The topological polar surface area (TPSA) is 66.6 Å². The molecule has 0 atom stereocenters. The number of carbonyl (C=O) groups is 2. The van der Waals surface area contributed by atoms with Gasteiger partial charge in [0.15, 0.2) is 0 Å². The van der Waals surface area contributed by atoms with Crippen molar-refractivity contribution in [3.05, 3.63) is 0 Å². The van der Waals surface area contributed by atoms with Crippen molar-refractivity contribution in [3.63, 3.8) is 0 Å². The van der Waals surface area contributed by atoms with Crippen LogP contribution >= 0.6 is 0 Å². The van der Waals surface area contributed by atoms with Crippen molar-refractivity contribution in [3.8, 4) is 0 Å². The molecule has 1 rings (SSSR count). The first-order chi connectivity index (χ1) is 8.19. The quantitative estimate of drug-likeness (QED) is 0.747. The zero-order chi connectivity index (χ0) is 12.7. The second-order valence-corrected chi connectivity index (χ2v) is 4.40. The molecule has 5 nitrogen and oxygen atoms in total. The number of nitrogens with zero attached hydrogens (tertiary/aromatic N) is 2. The summed E-state index contributed by atoms with van der Waals surface area (Å²) in [4.78, 5) is 27.0. The van der Waals surface area contributed by atoms with E-state index in [1.54, 1.807) is 4.90 Å². The Balaban J connectivity index is 2.30. The van der Waals surface area contributed by atoms with E-state index in [2.05, 4.69) is 6.92 Å². The van der Waals surface area contributed by atoms with Crippen LogP contribution in [-0.2, 0) is 9.59 Å². The minimum atomic E-state index is 0.105. The fraction of sp³-hybridized carbons (Fsp3) is 0.833. The highest BCUT2D eigenvalue weighted by atomic mass is 16.2. The van der Waals surface area contributed by atoms with E-state index in [1.807, 2.05) is 4.90 Å². The molecule has 17 heavy (non-hydrogen) atoms. The number of hydrogen-bond acceptors (Lipinski definition) is 3. The summed E-state index contributed by atoms with van der Waals surface area (Å²) >= 11 is 0. The molecule has 1 aliphatic rings. The molecule has 0 unspecified atom stereocenters. The van der Waals surface area contributed by atoms with Gasteiger partial charge in [-0.1, -0.05) is 13.3 Å². The molecular weight excluding hydrogens is 218 g/mol. The van der Waals surface area contributed by atoms with Crippen molar-refractivity contribution < 1.29 is 9.59 Å². The summed E-state index contributed by atoms with van der Waals surface area (Å²) < 4.78 is 0. The van der Waals surface area contributed by atoms with Gasteiger partial charge < -0.3 is 15.5 Å². The summed E-state index contributed by atoms with van der Waals surface area (Å²) in [5.74, 6) is 0.325. The molecular formula is C12H23N3O2. The highest BCUT2D eigenvalue weighted by Crippen LogP contribution is 2.07. The molecule has 1 saturated heterocycles. The maximum Gasteiger partial charge on any atom is 0.223 e. The van der Waals surface area contributed by atoms with Gasteiger partial charge in [-0.25, -0.2) is 0 Å². The normalized spacial score (nSPS) is 16.1. The summed E-state index contributed by atoms with van der Waals surface area (Å²) in [6.45, 7) is 5.11. The predicted molar refractivity (Wildman–Crippen MR) is 66.4 cm³/mol. The molecule has 2 amide bonds.